The average Bonchev–Trinajstić information content (AvgIpc) is 2.46. The number of hydrogen-bond donors (Lipinski definition) is 1. The molecule has 0 radical (unpaired) electrons. The van der Waals surface area contributed by atoms with E-state index in [1.807, 2.05) is 32.3 Å². The molecule has 0 aliphatic carbocycles. The van der Waals surface area contributed by atoms with E-state index in [2.05, 4.69) is 22.3 Å². The third-order valence-electron chi connectivity index (χ3n) is 3.51. The molecule has 2 aromatic carbocycles. The molecule has 2 aromatic rings. The van der Waals surface area contributed by atoms with Gasteiger partial charge in [-0.05, 0) is 31.8 Å². The van der Waals surface area contributed by atoms with Crippen LogP contribution in [0.4, 0.5) is 4.39 Å². The predicted molar refractivity (Wildman–Crippen MR) is 86.0 cm³/mol. The van der Waals surface area contributed by atoms with Crippen LogP contribution in [0.3, 0.4) is 0 Å². The van der Waals surface area contributed by atoms with Gasteiger partial charge in [0, 0.05) is 29.7 Å². The summed E-state index contributed by atoms with van der Waals surface area (Å²) in [6, 6.07) is 15.3. The number of nitrogens with one attached hydrogen (secondary N) is 1. The summed E-state index contributed by atoms with van der Waals surface area (Å²) < 4.78 is 13.7. The molecule has 1 atom stereocenters. The van der Waals surface area contributed by atoms with Gasteiger partial charge in [0.1, 0.15) is 5.82 Å². The number of hydrogen-bond acceptors (Lipinski definition) is 2. The molecule has 0 fully saturated rings. The Morgan fingerprint density at radius 3 is 2.43 bits per heavy atom. The second-order valence-electron chi connectivity index (χ2n) is 5.22. The number of rotatable bonds is 6. The van der Waals surface area contributed by atoms with Crippen LogP contribution in [0.5, 0.6) is 0 Å². The second kappa shape index (κ2) is 7.55. The Balaban J connectivity index is 2.00. The van der Waals surface area contributed by atoms with E-state index in [0.717, 1.165) is 6.54 Å². The van der Waals surface area contributed by atoms with Crippen LogP contribution < -0.4 is 5.32 Å². The van der Waals surface area contributed by atoms with Crippen molar-refractivity contribution in [1.82, 2.24) is 10.2 Å². The van der Waals surface area contributed by atoms with Gasteiger partial charge in [-0.25, -0.2) is 4.39 Å². The molecule has 1 N–H and O–H groups in total. The van der Waals surface area contributed by atoms with Crippen molar-refractivity contribution in [2.45, 2.75) is 12.6 Å². The maximum absolute atomic E-state index is 13.7. The minimum Gasteiger partial charge on any atom is -0.311 e. The first-order chi connectivity index (χ1) is 10.1. The van der Waals surface area contributed by atoms with Crippen molar-refractivity contribution < 1.29 is 4.39 Å². The zero-order chi connectivity index (χ0) is 15.2. The first kappa shape index (κ1) is 16.0. The highest BCUT2D eigenvalue weighted by molar-refractivity contribution is 6.31. The monoisotopic (exact) mass is 306 g/mol. The standard InChI is InChI=1S/C17H20ClFN2/c1-21(2)17(13-7-4-3-5-8-13)12-20-11-14-15(18)9-6-10-16(14)19/h3-10,17,20H,11-12H2,1-2H3. The van der Waals surface area contributed by atoms with Gasteiger partial charge < -0.3 is 10.2 Å². The highest BCUT2D eigenvalue weighted by Crippen LogP contribution is 2.20. The van der Waals surface area contributed by atoms with E-state index >= 15 is 0 Å². The van der Waals surface area contributed by atoms with Crippen molar-refractivity contribution in [3.05, 3.63) is 70.5 Å². The maximum atomic E-state index is 13.7. The first-order valence-corrected chi connectivity index (χ1v) is 7.32. The number of nitrogens with zero attached hydrogens (tertiary/aromatic N) is 1. The van der Waals surface area contributed by atoms with Gasteiger partial charge >= 0.3 is 0 Å². The van der Waals surface area contributed by atoms with Crippen molar-refractivity contribution in [2.24, 2.45) is 0 Å². The van der Waals surface area contributed by atoms with Gasteiger partial charge in [-0.3, -0.25) is 0 Å². The lowest BCUT2D eigenvalue weighted by Gasteiger charge is -2.25. The Hall–Kier alpha value is -1.42. The average molecular weight is 307 g/mol. The Labute approximate surface area is 130 Å². The Bertz CT molecular complexity index is 552. The van der Waals surface area contributed by atoms with E-state index < -0.39 is 0 Å². The topological polar surface area (TPSA) is 15.3 Å². The fraction of sp³-hybridized carbons (Fsp3) is 0.294. The zero-order valence-electron chi connectivity index (χ0n) is 12.3. The highest BCUT2D eigenvalue weighted by atomic mass is 35.5. The van der Waals surface area contributed by atoms with Crippen LogP contribution in [0.25, 0.3) is 0 Å². The lowest BCUT2D eigenvalue weighted by molar-refractivity contribution is 0.288. The summed E-state index contributed by atoms with van der Waals surface area (Å²) >= 11 is 6.03. The van der Waals surface area contributed by atoms with Crippen molar-refractivity contribution in [3.8, 4) is 0 Å². The normalized spacial score (nSPS) is 12.6. The molecule has 1 unspecified atom stereocenters. The quantitative estimate of drug-likeness (QED) is 0.871. The Morgan fingerprint density at radius 2 is 1.81 bits per heavy atom. The van der Waals surface area contributed by atoms with Gasteiger partial charge in [0.25, 0.3) is 0 Å². The van der Waals surface area contributed by atoms with Crippen LogP contribution in [-0.2, 0) is 6.54 Å². The molecule has 0 aliphatic heterocycles. The van der Waals surface area contributed by atoms with Crippen molar-refractivity contribution in [2.75, 3.05) is 20.6 Å². The van der Waals surface area contributed by atoms with Crippen LogP contribution >= 0.6 is 11.6 Å². The Kier molecular flexibility index (Phi) is 5.74. The molecule has 0 spiro atoms. The number of halogens is 2. The van der Waals surface area contributed by atoms with E-state index in [-0.39, 0.29) is 11.9 Å². The molecular formula is C17H20ClFN2. The number of likely N-dealkylation sites (N-methyl/N-ethyl adjacent to an activating group) is 1. The van der Waals surface area contributed by atoms with Crippen molar-refractivity contribution in [3.63, 3.8) is 0 Å². The molecule has 0 aliphatic rings. The summed E-state index contributed by atoms with van der Waals surface area (Å²) in [6.07, 6.45) is 0. The summed E-state index contributed by atoms with van der Waals surface area (Å²) in [6.45, 7) is 1.14. The molecule has 2 nitrogen and oxygen atoms in total. The van der Waals surface area contributed by atoms with Gasteiger partial charge in [0.2, 0.25) is 0 Å². The summed E-state index contributed by atoms with van der Waals surface area (Å²) in [5.41, 5.74) is 1.75. The van der Waals surface area contributed by atoms with Crippen LogP contribution in [-0.4, -0.2) is 25.5 Å². The molecule has 2 rings (SSSR count). The first-order valence-electron chi connectivity index (χ1n) is 6.94. The smallest absolute Gasteiger partial charge is 0.129 e. The number of benzene rings is 2. The molecule has 0 saturated heterocycles. The molecule has 21 heavy (non-hydrogen) atoms. The van der Waals surface area contributed by atoms with Gasteiger partial charge in [0.05, 0.1) is 0 Å². The highest BCUT2D eigenvalue weighted by Gasteiger charge is 2.14. The van der Waals surface area contributed by atoms with E-state index in [1.165, 1.54) is 11.6 Å². The van der Waals surface area contributed by atoms with E-state index in [1.54, 1.807) is 12.1 Å². The van der Waals surface area contributed by atoms with Crippen LogP contribution in [0.2, 0.25) is 5.02 Å². The van der Waals surface area contributed by atoms with Crippen molar-refractivity contribution >= 4 is 11.6 Å². The fourth-order valence-corrected chi connectivity index (χ4v) is 2.54. The Morgan fingerprint density at radius 1 is 1.10 bits per heavy atom. The molecule has 112 valence electrons. The SMILES string of the molecule is CN(C)C(CNCc1c(F)cccc1Cl)c1ccccc1. The van der Waals surface area contributed by atoms with E-state index in [4.69, 9.17) is 11.6 Å². The molecule has 0 bridgehead atoms. The zero-order valence-corrected chi connectivity index (χ0v) is 13.1. The van der Waals surface area contributed by atoms with E-state index in [0.29, 0.717) is 17.1 Å². The molecular weight excluding hydrogens is 287 g/mol. The summed E-state index contributed by atoms with van der Waals surface area (Å²) in [5.74, 6) is -0.267. The van der Waals surface area contributed by atoms with Crippen LogP contribution in [0, 0.1) is 5.82 Å². The largest absolute Gasteiger partial charge is 0.311 e. The molecule has 0 amide bonds. The summed E-state index contributed by atoms with van der Waals surface area (Å²) in [4.78, 5) is 2.14. The van der Waals surface area contributed by atoms with Crippen LogP contribution in [0.15, 0.2) is 48.5 Å². The van der Waals surface area contributed by atoms with Gasteiger partial charge in [-0.1, -0.05) is 48.0 Å². The lowest BCUT2D eigenvalue weighted by atomic mass is 10.1. The van der Waals surface area contributed by atoms with Crippen molar-refractivity contribution in [1.29, 1.82) is 0 Å². The molecule has 0 saturated carbocycles. The fourth-order valence-electron chi connectivity index (χ4n) is 2.31. The second-order valence-corrected chi connectivity index (χ2v) is 5.63. The third-order valence-corrected chi connectivity index (χ3v) is 3.86. The van der Waals surface area contributed by atoms with Crippen LogP contribution in [0.1, 0.15) is 17.2 Å². The predicted octanol–water partition coefficient (Wildman–Crippen LogP) is 3.87. The minimum atomic E-state index is -0.267. The molecule has 0 aromatic heterocycles. The van der Waals surface area contributed by atoms with Gasteiger partial charge in [-0.15, -0.1) is 0 Å². The lowest BCUT2D eigenvalue weighted by Crippen LogP contribution is -2.31. The summed E-state index contributed by atoms with van der Waals surface area (Å²) in [7, 11) is 4.07. The van der Waals surface area contributed by atoms with Gasteiger partial charge in [0.15, 0.2) is 0 Å². The van der Waals surface area contributed by atoms with E-state index in [9.17, 15) is 4.39 Å². The van der Waals surface area contributed by atoms with Gasteiger partial charge in [-0.2, -0.15) is 0 Å². The molecule has 4 heteroatoms. The summed E-state index contributed by atoms with van der Waals surface area (Å²) in [5, 5.41) is 3.76. The minimum absolute atomic E-state index is 0.233. The maximum Gasteiger partial charge on any atom is 0.129 e. The molecule has 0 heterocycles. The third kappa shape index (κ3) is 4.27.